The molecule has 3 N–H and O–H groups in total. The highest BCUT2D eigenvalue weighted by Crippen LogP contribution is 2.40. The molecule has 13 nitrogen and oxygen atoms in total. The predicted molar refractivity (Wildman–Crippen MR) is 144 cm³/mol. The Bertz CT molecular complexity index is 1400. The van der Waals surface area contributed by atoms with Gasteiger partial charge in [-0.2, -0.15) is 8.42 Å². The Balaban J connectivity index is 0.00000103. The Morgan fingerprint density at radius 2 is 1.60 bits per heavy atom. The van der Waals surface area contributed by atoms with Gasteiger partial charge in [-0.05, 0) is 32.0 Å². The maximum Gasteiger partial charge on any atom is 0.394 e. The molecule has 216 valence electrons. The number of allylic oxidation sites excluding steroid dienone is 2. The van der Waals surface area contributed by atoms with E-state index in [-0.39, 0.29) is 23.4 Å². The first kappa shape index (κ1) is 32.1. The first-order valence-corrected chi connectivity index (χ1v) is 13.2. The molecule has 0 spiro atoms. The SMILES string of the molecule is COC(=O)C1=C(C)NC(C)=C(C(=O)OCCN(C)Cc2ccccc2)[C@H]1c1cccc([N+](=O)[O-])c1.O=S(=O)(O)O. The number of non-ortho nitro benzene ring substituents is 1. The molecule has 1 aliphatic heterocycles. The van der Waals surface area contributed by atoms with E-state index >= 15 is 0 Å². The molecule has 1 heterocycles. The van der Waals surface area contributed by atoms with Crippen LogP contribution in [0.3, 0.4) is 0 Å². The molecule has 0 radical (unpaired) electrons. The molecule has 2 aromatic rings. The summed E-state index contributed by atoms with van der Waals surface area (Å²) in [4.78, 5) is 38.8. The van der Waals surface area contributed by atoms with Crippen molar-refractivity contribution < 1.29 is 41.5 Å². The van der Waals surface area contributed by atoms with E-state index in [9.17, 15) is 19.7 Å². The molecule has 0 aromatic heterocycles. The van der Waals surface area contributed by atoms with Gasteiger partial charge in [0.2, 0.25) is 0 Å². The number of methoxy groups -OCH3 is 1. The van der Waals surface area contributed by atoms with E-state index in [1.165, 1.54) is 25.3 Å². The minimum Gasteiger partial charge on any atom is -0.466 e. The van der Waals surface area contributed by atoms with Crippen LogP contribution < -0.4 is 5.32 Å². The molecule has 40 heavy (non-hydrogen) atoms. The van der Waals surface area contributed by atoms with Gasteiger partial charge in [0.1, 0.15) is 6.61 Å². The number of nitrogens with zero attached hydrogens (tertiary/aromatic N) is 2. The van der Waals surface area contributed by atoms with E-state index in [1.807, 2.05) is 42.3 Å². The number of rotatable bonds is 9. The first-order chi connectivity index (χ1) is 18.7. The minimum absolute atomic E-state index is 0.136. The van der Waals surface area contributed by atoms with Crippen molar-refractivity contribution in [1.29, 1.82) is 0 Å². The highest BCUT2D eigenvalue weighted by molar-refractivity contribution is 7.79. The number of hydrogen-bond donors (Lipinski definition) is 3. The summed E-state index contributed by atoms with van der Waals surface area (Å²) < 4.78 is 42.2. The van der Waals surface area contributed by atoms with Crippen molar-refractivity contribution in [2.75, 3.05) is 27.3 Å². The van der Waals surface area contributed by atoms with Gasteiger partial charge in [-0.25, -0.2) is 9.59 Å². The smallest absolute Gasteiger partial charge is 0.394 e. The van der Waals surface area contributed by atoms with Gasteiger partial charge in [-0.1, -0.05) is 42.5 Å². The predicted octanol–water partition coefficient (Wildman–Crippen LogP) is 3.03. The van der Waals surface area contributed by atoms with Crippen molar-refractivity contribution in [3.63, 3.8) is 0 Å². The summed E-state index contributed by atoms with van der Waals surface area (Å²) >= 11 is 0. The summed E-state index contributed by atoms with van der Waals surface area (Å²) in [6, 6.07) is 15.8. The number of hydrogen-bond acceptors (Lipinski definition) is 10. The van der Waals surface area contributed by atoms with Gasteiger partial charge in [0, 0.05) is 36.6 Å². The molecule has 1 atom stereocenters. The average molecular weight is 578 g/mol. The Labute approximate surface area is 231 Å². The summed E-state index contributed by atoms with van der Waals surface area (Å²) in [5, 5.41) is 14.4. The van der Waals surface area contributed by atoms with Crippen molar-refractivity contribution in [2.24, 2.45) is 0 Å². The zero-order valence-electron chi connectivity index (χ0n) is 22.4. The molecule has 1 aliphatic rings. The monoisotopic (exact) mass is 577 g/mol. The van der Waals surface area contributed by atoms with Crippen LogP contribution in [0.2, 0.25) is 0 Å². The second-order valence-corrected chi connectivity index (χ2v) is 9.68. The fourth-order valence-corrected chi connectivity index (χ4v) is 4.14. The minimum atomic E-state index is -4.67. The molecule has 14 heteroatoms. The highest BCUT2D eigenvalue weighted by Gasteiger charge is 2.38. The molecule has 0 saturated heterocycles. The number of nitro benzene ring substituents is 1. The fourth-order valence-electron chi connectivity index (χ4n) is 4.14. The number of esters is 2. The number of carbonyl (C=O) groups is 2. The Morgan fingerprint density at radius 1 is 1.02 bits per heavy atom. The van der Waals surface area contributed by atoms with Crippen molar-refractivity contribution in [2.45, 2.75) is 26.3 Å². The quantitative estimate of drug-likeness (QED) is 0.171. The van der Waals surface area contributed by atoms with E-state index in [1.54, 1.807) is 19.9 Å². The second kappa shape index (κ2) is 14.3. The topological polar surface area (TPSA) is 186 Å². The third kappa shape index (κ3) is 9.57. The molecule has 0 amide bonds. The van der Waals surface area contributed by atoms with Gasteiger partial charge in [0.25, 0.3) is 5.69 Å². The normalized spacial score (nSPS) is 15.1. The summed E-state index contributed by atoms with van der Waals surface area (Å²) in [6.07, 6.45) is 0. The average Bonchev–Trinajstić information content (AvgIpc) is 2.87. The highest BCUT2D eigenvalue weighted by atomic mass is 32.3. The molecule has 3 rings (SSSR count). The number of benzene rings is 2. The molecular formula is C26H31N3O10S. The number of carbonyl (C=O) groups excluding carboxylic acids is 2. The lowest BCUT2D eigenvalue weighted by atomic mass is 9.80. The van der Waals surface area contributed by atoms with Gasteiger partial charge in [0.15, 0.2) is 0 Å². The molecule has 0 bridgehead atoms. The van der Waals surface area contributed by atoms with Crippen LogP contribution in [-0.2, 0) is 36.0 Å². The van der Waals surface area contributed by atoms with Crippen LogP contribution in [0, 0.1) is 10.1 Å². The number of dihydropyridines is 1. The number of ether oxygens (including phenoxy) is 2. The third-order valence-electron chi connectivity index (χ3n) is 5.80. The summed E-state index contributed by atoms with van der Waals surface area (Å²) in [6.45, 7) is 4.74. The van der Waals surface area contributed by atoms with Crippen molar-refractivity contribution >= 4 is 28.0 Å². The second-order valence-electron chi connectivity index (χ2n) is 8.79. The number of nitro groups is 1. The van der Waals surface area contributed by atoms with Crippen LogP contribution in [0.5, 0.6) is 0 Å². The first-order valence-electron chi connectivity index (χ1n) is 11.8. The summed E-state index contributed by atoms with van der Waals surface area (Å²) in [5.41, 5.74) is 2.85. The molecule has 0 aliphatic carbocycles. The van der Waals surface area contributed by atoms with Gasteiger partial charge in [-0.15, -0.1) is 0 Å². The Morgan fingerprint density at radius 3 is 2.15 bits per heavy atom. The van der Waals surface area contributed by atoms with Crippen LogP contribution >= 0.6 is 0 Å². The molecule has 0 fully saturated rings. The van der Waals surface area contributed by atoms with Gasteiger partial charge < -0.3 is 14.8 Å². The van der Waals surface area contributed by atoms with Crippen LogP contribution in [0.25, 0.3) is 0 Å². The van der Waals surface area contributed by atoms with Crippen molar-refractivity contribution in [3.05, 3.63) is 98.4 Å². The molecular weight excluding hydrogens is 546 g/mol. The van der Waals surface area contributed by atoms with Crippen LogP contribution in [-0.4, -0.2) is 66.6 Å². The Kier molecular flexibility index (Phi) is 11.5. The lowest BCUT2D eigenvalue weighted by molar-refractivity contribution is -0.384. The zero-order chi connectivity index (χ0) is 30.0. The number of likely N-dealkylation sites (N-methyl/N-ethyl adjacent to an activating group) is 1. The lowest BCUT2D eigenvalue weighted by Gasteiger charge is -2.30. The van der Waals surface area contributed by atoms with Gasteiger partial charge in [0.05, 0.1) is 29.1 Å². The van der Waals surface area contributed by atoms with E-state index < -0.39 is 33.2 Å². The van der Waals surface area contributed by atoms with Crippen molar-refractivity contribution in [3.8, 4) is 0 Å². The van der Waals surface area contributed by atoms with E-state index in [4.69, 9.17) is 27.0 Å². The van der Waals surface area contributed by atoms with Gasteiger partial charge in [-0.3, -0.25) is 24.1 Å². The molecule has 0 saturated carbocycles. The maximum atomic E-state index is 13.3. The molecule has 0 unspecified atom stereocenters. The largest absolute Gasteiger partial charge is 0.466 e. The Hall–Kier alpha value is -4.11. The lowest BCUT2D eigenvalue weighted by Crippen LogP contribution is -2.33. The zero-order valence-corrected chi connectivity index (χ0v) is 23.2. The molecule has 2 aromatic carbocycles. The van der Waals surface area contributed by atoms with Crippen molar-refractivity contribution in [1.82, 2.24) is 10.2 Å². The standard InChI is InChI=1S/C26H29N3O6.H2O4S/c1-17-22(25(30)34-4)24(20-11-8-12-21(15-20)29(32)33)23(18(2)27-17)26(31)35-14-13-28(3)16-19-9-6-5-7-10-19;1-5(2,3)4/h5-12,15,24,27H,13-14,16H2,1-4H3;(H2,1,2,3,4)/t24-;/m0./s1. The maximum absolute atomic E-state index is 13.3. The fraction of sp³-hybridized carbons (Fsp3) is 0.308. The van der Waals surface area contributed by atoms with E-state index in [0.717, 1.165) is 5.56 Å². The van der Waals surface area contributed by atoms with Crippen LogP contribution in [0.1, 0.15) is 30.9 Å². The third-order valence-corrected chi connectivity index (χ3v) is 5.80. The van der Waals surface area contributed by atoms with Gasteiger partial charge >= 0.3 is 22.3 Å². The number of nitrogens with one attached hydrogen (secondary N) is 1. The van der Waals surface area contributed by atoms with Crippen LogP contribution in [0.15, 0.2) is 77.1 Å². The van der Waals surface area contributed by atoms with E-state index in [2.05, 4.69) is 5.32 Å². The summed E-state index contributed by atoms with van der Waals surface area (Å²) in [7, 11) is -1.49. The van der Waals surface area contributed by atoms with Crippen LogP contribution in [0.4, 0.5) is 5.69 Å². The summed E-state index contributed by atoms with van der Waals surface area (Å²) in [5.74, 6) is -2.11. The van der Waals surface area contributed by atoms with E-state index in [0.29, 0.717) is 30.0 Å².